The summed E-state index contributed by atoms with van der Waals surface area (Å²) in [6.07, 6.45) is 1.80. The number of anilines is 1. The van der Waals surface area contributed by atoms with Gasteiger partial charge in [-0.3, -0.25) is 9.69 Å². The maximum atomic E-state index is 12.8. The van der Waals surface area contributed by atoms with Gasteiger partial charge in [0.2, 0.25) is 0 Å². The second kappa shape index (κ2) is 6.48. The summed E-state index contributed by atoms with van der Waals surface area (Å²) in [5.41, 5.74) is 3.83. The van der Waals surface area contributed by atoms with E-state index in [0.29, 0.717) is 14.2 Å². The molecule has 0 unspecified atom stereocenters. The maximum Gasteiger partial charge on any atom is 0.270 e. The predicted molar refractivity (Wildman–Crippen MR) is 103 cm³/mol. The molecule has 0 spiro atoms. The normalized spacial score (nSPS) is 16.5. The van der Waals surface area contributed by atoms with Crippen molar-refractivity contribution in [2.45, 2.75) is 13.8 Å². The Morgan fingerprint density at radius 1 is 1.17 bits per heavy atom. The standard InChI is InChI=1S/C18H14ClNOS2/c1-11-7-8-15(12(2)9-11)20-17(21)16(23-18(20)22)10-13-5-3-4-6-14(13)19/h3-10H,1-2H3/b16-10+. The van der Waals surface area contributed by atoms with E-state index in [1.54, 1.807) is 17.0 Å². The lowest BCUT2D eigenvalue weighted by Crippen LogP contribution is -2.28. The summed E-state index contributed by atoms with van der Waals surface area (Å²) >= 11 is 12.9. The molecule has 23 heavy (non-hydrogen) atoms. The van der Waals surface area contributed by atoms with E-state index >= 15 is 0 Å². The topological polar surface area (TPSA) is 20.3 Å². The van der Waals surface area contributed by atoms with Crippen molar-refractivity contribution in [3.8, 4) is 0 Å². The minimum absolute atomic E-state index is 0.105. The lowest BCUT2D eigenvalue weighted by Gasteiger charge is -2.17. The third-order valence-electron chi connectivity index (χ3n) is 3.58. The molecule has 1 amide bonds. The number of halogens is 1. The van der Waals surface area contributed by atoms with Crippen molar-refractivity contribution in [2.75, 3.05) is 4.90 Å². The molecule has 1 heterocycles. The van der Waals surface area contributed by atoms with Crippen molar-refractivity contribution >= 4 is 57.6 Å². The average Bonchev–Trinajstić information content (AvgIpc) is 2.77. The van der Waals surface area contributed by atoms with Crippen molar-refractivity contribution in [1.29, 1.82) is 0 Å². The zero-order valence-corrected chi connectivity index (χ0v) is 15.1. The Balaban J connectivity index is 1.99. The number of carbonyl (C=O) groups excluding carboxylic acids is 1. The van der Waals surface area contributed by atoms with Crippen LogP contribution in [0.25, 0.3) is 6.08 Å². The molecule has 0 N–H and O–H groups in total. The molecular weight excluding hydrogens is 346 g/mol. The summed E-state index contributed by atoms with van der Waals surface area (Å²) in [7, 11) is 0. The van der Waals surface area contributed by atoms with Crippen LogP contribution < -0.4 is 4.90 Å². The van der Waals surface area contributed by atoms with E-state index in [0.717, 1.165) is 22.4 Å². The summed E-state index contributed by atoms with van der Waals surface area (Å²) in [5.74, 6) is -0.105. The molecule has 5 heteroatoms. The summed E-state index contributed by atoms with van der Waals surface area (Å²) in [6.45, 7) is 4.01. The van der Waals surface area contributed by atoms with E-state index in [1.807, 2.05) is 50.2 Å². The second-order valence-electron chi connectivity index (χ2n) is 5.33. The second-order valence-corrected chi connectivity index (χ2v) is 7.41. The van der Waals surface area contributed by atoms with Crippen molar-refractivity contribution in [1.82, 2.24) is 0 Å². The zero-order chi connectivity index (χ0) is 16.6. The van der Waals surface area contributed by atoms with E-state index in [-0.39, 0.29) is 5.91 Å². The molecule has 1 saturated heterocycles. The van der Waals surface area contributed by atoms with Crippen molar-refractivity contribution in [3.63, 3.8) is 0 Å². The number of nitrogens with zero attached hydrogens (tertiary/aromatic N) is 1. The van der Waals surface area contributed by atoms with Gasteiger partial charge in [-0.1, -0.05) is 71.5 Å². The number of hydrogen-bond donors (Lipinski definition) is 0. The molecule has 1 fully saturated rings. The first-order chi connectivity index (χ1) is 11.0. The van der Waals surface area contributed by atoms with Gasteiger partial charge in [0, 0.05) is 5.02 Å². The number of benzene rings is 2. The predicted octanol–water partition coefficient (Wildman–Crippen LogP) is 5.36. The Morgan fingerprint density at radius 2 is 1.91 bits per heavy atom. The molecule has 0 radical (unpaired) electrons. The van der Waals surface area contributed by atoms with Gasteiger partial charge in [0.05, 0.1) is 10.6 Å². The molecule has 0 aromatic heterocycles. The van der Waals surface area contributed by atoms with Crippen LogP contribution >= 0.6 is 35.6 Å². The number of carbonyl (C=O) groups is 1. The van der Waals surface area contributed by atoms with Crippen molar-refractivity contribution in [2.24, 2.45) is 0 Å². The SMILES string of the molecule is Cc1ccc(N2C(=O)/C(=C\c3ccccc3Cl)SC2=S)c(C)c1. The summed E-state index contributed by atoms with van der Waals surface area (Å²) in [6, 6.07) is 13.4. The first-order valence-corrected chi connectivity index (χ1v) is 8.67. The summed E-state index contributed by atoms with van der Waals surface area (Å²) in [4.78, 5) is 15.0. The molecule has 2 nitrogen and oxygen atoms in total. The molecule has 0 aliphatic carbocycles. The van der Waals surface area contributed by atoms with Crippen LogP contribution in [-0.4, -0.2) is 10.2 Å². The summed E-state index contributed by atoms with van der Waals surface area (Å²) < 4.78 is 0.542. The highest BCUT2D eigenvalue weighted by Crippen LogP contribution is 2.38. The maximum absolute atomic E-state index is 12.8. The highest BCUT2D eigenvalue weighted by molar-refractivity contribution is 8.27. The molecule has 116 valence electrons. The van der Waals surface area contributed by atoms with E-state index in [1.165, 1.54) is 11.8 Å². The number of rotatable bonds is 2. The van der Waals surface area contributed by atoms with Crippen LogP contribution in [0.1, 0.15) is 16.7 Å². The minimum Gasteiger partial charge on any atom is -0.268 e. The Morgan fingerprint density at radius 3 is 2.61 bits per heavy atom. The molecule has 0 saturated carbocycles. The lowest BCUT2D eigenvalue weighted by molar-refractivity contribution is -0.113. The monoisotopic (exact) mass is 359 g/mol. The van der Waals surface area contributed by atoms with Crippen molar-refractivity contribution in [3.05, 3.63) is 69.1 Å². The number of thioether (sulfide) groups is 1. The smallest absolute Gasteiger partial charge is 0.268 e. The minimum atomic E-state index is -0.105. The molecule has 0 bridgehead atoms. The van der Waals surface area contributed by atoms with Gasteiger partial charge in [-0.15, -0.1) is 0 Å². The number of aryl methyl sites for hydroxylation is 2. The van der Waals surface area contributed by atoms with Gasteiger partial charge in [0.1, 0.15) is 0 Å². The number of thiocarbonyl (C=S) groups is 1. The van der Waals surface area contributed by atoms with Crippen LogP contribution in [0, 0.1) is 13.8 Å². The molecule has 2 aromatic rings. The Bertz CT molecular complexity index is 845. The van der Waals surface area contributed by atoms with Gasteiger partial charge in [0.25, 0.3) is 5.91 Å². The molecule has 1 aliphatic heterocycles. The molecule has 1 aliphatic rings. The number of hydrogen-bond acceptors (Lipinski definition) is 3. The van der Waals surface area contributed by atoms with Gasteiger partial charge in [0.15, 0.2) is 4.32 Å². The van der Waals surface area contributed by atoms with Crippen LogP contribution in [0.5, 0.6) is 0 Å². The van der Waals surface area contributed by atoms with Crippen LogP contribution in [0.3, 0.4) is 0 Å². The largest absolute Gasteiger partial charge is 0.270 e. The van der Waals surface area contributed by atoms with E-state index in [9.17, 15) is 4.79 Å². The quantitative estimate of drug-likeness (QED) is 0.531. The van der Waals surface area contributed by atoms with E-state index < -0.39 is 0 Å². The van der Waals surface area contributed by atoms with Gasteiger partial charge in [-0.05, 0) is 43.2 Å². The first kappa shape index (κ1) is 16.2. The third-order valence-corrected chi connectivity index (χ3v) is 5.23. The van der Waals surface area contributed by atoms with Gasteiger partial charge in [-0.25, -0.2) is 0 Å². The molecule has 2 aromatic carbocycles. The molecule has 3 rings (SSSR count). The average molecular weight is 360 g/mol. The van der Waals surface area contributed by atoms with E-state index in [4.69, 9.17) is 23.8 Å². The Kier molecular flexibility index (Phi) is 4.57. The number of amides is 1. The fourth-order valence-electron chi connectivity index (χ4n) is 2.47. The van der Waals surface area contributed by atoms with Crippen LogP contribution in [-0.2, 0) is 4.79 Å². The fraction of sp³-hybridized carbons (Fsp3) is 0.111. The van der Waals surface area contributed by atoms with Gasteiger partial charge < -0.3 is 0 Å². The Hall–Kier alpha value is -1.62. The highest BCUT2D eigenvalue weighted by Gasteiger charge is 2.34. The Labute approximate surface area is 150 Å². The van der Waals surface area contributed by atoms with Crippen LogP contribution in [0.2, 0.25) is 5.02 Å². The molecular formula is C18H14ClNOS2. The van der Waals surface area contributed by atoms with Gasteiger partial charge >= 0.3 is 0 Å². The first-order valence-electron chi connectivity index (χ1n) is 7.07. The van der Waals surface area contributed by atoms with Crippen molar-refractivity contribution < 1.29 is 4.79 Å². The molecule has 0 atom stereocenters. The fourth-order valence-corrected chi connectivity index (χ4v) is 3.93. The van der Waals surface area contributed by atoms with E-state index in [2.05, 4.69) is 0 Å². The van der Waals surface area contributed by atoms with Gasteiger partial charge in [-0.2, -0.15) is 0 Å². The lowest BCUT2D eigenvalue weighted by atomic mass is 10.1. The zero-order valence-electron chi connectivity index (χ0n) is 12.7. The third kappa shape index (κ3) is 3.20. The van der Waals surface area contributed by atoms with Crippen LogP contribution in [0.4, 0.5) is 5.69 Å². The summed E-state index contributed by atoms with van der Waals surface area (Å²) in [5, 5.41) is 0.615. The highest BCUT2D eigenvalue weighted by atomic mass is 35.5. The van der Waals surface area contributed by atoms with Crippen LogP contribution in [0.15, 0.2) is 47.4 Å².